The Morgan fingerprint density at radius 2 is 1.87 bits per heavy atom. The van der Waals surface area contributed by atoms with Gasteiger partial charge >= 0.3 is 12.1 Å². The van der Waals surface area contributed by atoms with E-state index in [9.17, 15) is 9.90 Å². The first-order valence-electron chi connectivity index (χ1n) is 15.4. The van der Waals surface area contributed by atoms with Gasteiger partial charge in [-0.05, 0) is 68.9 Å². The fraction of sp³-hybridized carbons (Fsp3) is 0.424. The SMILES string of the molecule is COCOc1cc(-c2c(Cl)cc3c(N4CC5CCC(C4)N5C(=O)O)nc(OC[C@@H]4CCCN4C)nc3c2F)c2c(F)cccc2c1. The molecule has 7 rings (SSSR count). The molecule has 1 aromatic heterocycles. The largest absolute Gasteiger partial charge is 0.468 e. The average Bonchev–Trinajstić information content (AvgIpc) is 3.57. The molecule has 0 spiro atoms. The predicted molar refractivity (Wildman–Crippen MR) is 170 cm³/mol. The van der Waals surface area contributed by atoms with Gasteiger partial charge in [0.05, 0.1) is 17.1 Å². The molecule has 3 aliphatic rings. The summed E-state index contributed by atoms with van der Waals surface area (Å²) >= 11 is 6.88. The first-order chi connectivity index (χ1) is 22.2. The molecule has 4 aromatic rings. The van der Waals surface area contributed by atoms with Crippen molar-refractivity contribution in [2.24, 2.45) is 0 Å². The number of halogens is 3. The molecule has 10 nitrogen and oxygen atoms in total. The lowest BCUT2D eigenvalue weighted by Crippen LogP contribution is -2.55. The number of piperazine rings is 1. The molecule has 1 N–H and O–H groups in total. The topological polar surface area (TPSA) is 100 Å². The summed E-state index contributed by atoms with van der Waals surface area (Å²) in [5.41, 5.74) is 0.142. The maximum absolute atomic E-state index is 17.0. The summed E-state index contributed by atoms with van der Waals surface area (Å²) in [6, 6.07) is 9.13. The van der Waals surface area contributed by atoms with E-state index < -0.39 is 17.7 Å². The van der Waals surface area contributed by atoms with Crippen molar-refractivity contribution in [2.45, 2.75) is 43.8 Å². The van der Waals surface area contributed by atoms with Crippen LogP contribution >= 0.6 is 11.6 Å². The van der Waals surface area contributed by atoms with Crippen LogP contribution in [0.15, 0.2) is 36.4 Å². The Morgan fingerprint density at radius 3 is 2.57 bits per heavy atom. The van der Waals surface area contributed by atoms with E-state index in [2.05, 4.69) is 9.88 Å². The van der Waals surface area contributed by atoms with E-state index in [0.717, 1.165) is 32.2 Å². The Bertz CT molecular complexity index is 1820. The summed E-state index contributed by atoms with van der Waals surface area (Å²) in [6.45, 7) is 2.00. The number of likely N-dealkylation sites (N-methyl/N-ethyl adjacent to an activating group) is 1. The Balaban J connectivity index is 1.38. The molecule has 13 heteroatoms. The summed E-state index contributed by atoms with van der Waals surface area (Å²) in [6.07, 6.45) is 2.53. The summed E-state index contributed by atoms with van der Waals surface area (Å²) < 4.78 is 49.2. The molecule has 4 heterocycles. The number of fused-ring (bicyclic) bond motifs is 4. The van der Waals surface area contributed by atoms with Gasteiger partial charge in [-0.15, -0.1) is 0 Å². The van der Waals surface area contributed by atoms with E-state index in [1.54, 1.807) is 30.3 Å². The monoisotopic (exact) mass is 653 g/mol. The molecule has 2 bridgehead atoms. The van der Waals surface area contributed by atoms with Crippen LogP contribution in [-0.4, -0.2) is 96.3 Å². The molecule has 46 heavy (non-hydrogen) atoms. The highest BCUT2D eigenvalue weighted by molar-refractivity contribution is 6.35. The van der Waals surface area contributed by atoms with Crippen molar-refractivity contribution in [2.75, 3.05) is 52.1 Å². The van der Waals surface area contributed by atoms with Crippen molar-refractivity contribution in [1.82, 2.24) is 19.8 Å². The van der Waals surface area contributed by atoms with E-state index in [0.29, 0.717) is 42.0 Å². The molecule has 242 valence electrons. The number of amides is 1. The van der Waals surface area contributed by atoms with Crippen LogP contribution in [0, 0.1) is 11.6 Å². The van der Waals surface area contributed by atoms with Crippen molar-refractivity contribution in [3.63, 3.8) is 0 Å². The van der Waals surface area contributed by atoms with E-state index in [-0.39, 0.29) is 58.0 Å². The smallest absolute Gasteiger partial charge is 0.407 e. The van der Waals surface area contributed by atoms with Crippen LogP contribution in [0.4, 0.5) is 19.4 Å². The highest BCUT2D eigenvalue weighted by Crippen LogP contribution is 2.44. The van der Waals surface area contributed by atoms with Gasteiger partial charge in [0.2, 0.25) is 0 Å². The van der Waals surface area contributed by atoms with Crippen LogP contribution < -0.4 is 14.4 Å². The predicted octanol–water partition coefficient (Wildman–Crippen LogP) is 6.17. The van der Waals surface area contributed by atoms with Gasteiger partial charge in [-0.25, -0.2) is 13.6 Å². The van der Waals surface area contributed by atoms with Crippen LogP contribution in [0.5, 0.6) is 11.8 Å². The van der Waals surface area contributed by atoms with Gasteiger partial charge in [-0.2, -0.15) is 9.97 Å². The van der Waals surface area contributed by atoms with Gasteiger partial charge in [0, 0.05) is 48.1 Å². The highest BCUT2D eigenvalue weighted by atomic mass is 35.5. The zero-order valence-corrected chi connectivity index (χ0v) is 26.3. The quantitative estimate of drug-likeness (QED) is 0.224. The molecule has 2 unspecified atom stereocenters. The number of ether oxygens (including phenoxy) is 3. The lowest BCUT2D eigenvalue weighted by atomic mass is 9.95. The summed E-state index contributed by atoms with van der Waals surface area (Å²) in [5, 5.41) is 10.9. The minimum atomic E-state index is -0.945. The second kappa shape index (κ2) is 12.3. The van der Waals surface area contributed by atoms with Gasteiger partial charge in [0.1, 0.15) is 29.5 Å². The van der Waals surface area contributed by atoms with Crippen LogP contribution in [-0.2, 0) is 4.74 Å². The molecule has 0 radical (unpaired) electrons. The standard InChI is InChI=1S/C33H34ClF2N5O5/c1-39-10-4-6-21(39)16-45-32-37-30-24(31(38-32)40-14-19-8-9-20(15-40)41(19)33(42)43)13-25(34)28(29(30)36)23-12-22(46-17-44-2)11-18-5-3-7-26(35)27(18)23/h3,5,7,11-13,19-21H,4,6,8-10,14-17H2,1-2H3,(H,42,43)/t19?,20?,21-/m0/s1. The van der Waals surface area contributed by atoms with Crippen molar-refractivity contribution in [3.05, 3.63) is 53.1 Å². The third kappa shape index (κ3) is 5.41. The zero-order valence-electron chi connectivity index (χ0n) is 25.5. The molecule has 0 aliphatic carbocycles. The molecule has 0 saturated carbocycles. The maximum Gasteiger partial charge on any atom is 0.407 e. The second-order valence-corrected chi connectivity index (χ2v) is 12.6. The third-order valence-corrected chi connectivity index (χ3v) is 9.73. The number of carboxylic acid groups (broad SMARTS) is 1. The fourth-order valence-electron chi connectivity index (χ4n) is 7.22. The summed E-state index contributed by atoms with van der Waals surface area (Å²) in [5.74, 6) is -0.525. The molecule has 1 amide bonds. The van der Waals surface area contributed by atoms with Gasteiger partial charge in [0.25, 0.3) is 0 Å². The minimum absolute atomic E-state index is 0.0104. The second-order valence-electron chi connectivity index (χ2n) is 12.2. The number of hydrogen-bond acceptors (Lipinski definition) is 8. The number of aromatic nitrogens is 2. The maximum atomic E-state index is 17.0. The van der Waals surface area contributed by atoms with Crippen LogP contribution in [0.3, 0.4) is 0 Å². The zero-order chi connectivity index (χ0) is 32.1. The van der Waals surface area contributed by atoms with Gasteiger partial charge in [0.15, 0.2) is 12.6 Å². The van der Waals surface area contributed by atoms with Crippen molar-refractivity contribution < 1.29 is 32.9 Å². The average molecular weight is 654 g/mol. The Hall–Kier alpha value is -4.00. The number of anilines is 1. The molecule has 3 saturated heterocycles. The van der Waals surface area contributed by atoms with Crippen molar-refractivity contribution in [1.29, 1.82) is 0 Å². The van der Waals surface area contributed by atoms with Crippen molar-refractivity contribution >= 4 is 45.2 Å². The van der Waals surface area contributed by atoms with Gasteiger partial charge in [-0.3, -0.25) is 4.90 Å². The Labute approximate surface area is 269 Å². The van der Waals surface area contributed by atoms with Gasteiger partial charge < -0.3 is 29.1 Å². The van der Waals surface area contributed by atoms with E-state index in [1.165, 1.54) is 18.1 Å². The van der Waals surface area contributed by atoms with Crippen LogP contribution in [0.25, 0.3) is 32.8 Å². The number of carbonyl (C=O) groups is 1. The number of hydrogen-bond donors (Lipinski definition) is 1. The third-order valence-electron chi connectivity index (χ3n) is 9.43. The van der Waals surface area contributed by atoms with E-state index >= 15 is 8.78 Å². The lowest BCUT2D eigenvalue weighted by Gasteiger charge is -2.40. The highest BCUT2D eigenvalue weighted by Gasteiger charge is 2.43. The van der Waals surface area contributed by atoms with Crippen LogP contribution in [0.2, 0.25) is 5.02 Å². The number of rotatable bonds is 8. The Morgan fingerprint density at radius 1 is 1.09 bits per heavy atom. The normalized spacial score (nSPS) is 21.5. The molecule has 3 atom stereocenters. The number of likely N-dealkylation sites (tertiary alicyclic amines) is 1. The van der Waals surface area contributed by atoms with Gasteiger partial charge in [-0.1, -0.05) is 23.7 Å². The van der Waals surface area contributed by atoms with E-state index in [4.69, 9.17) is 30.8 Å². The number of benzene rings is 3. The van der Waals surface area contributed by atoms with Crippen LogP contribution in [0.1, 0.15) is 25.7 Å². The first kappa shape index (κ1) is 30.6. The molecular formula is C33H34ClF2N5O5. The Kier molecular flexibility index (Phi) is 8.20. The summed E-state index contributed by atoms with van der Waals surface area (Å²) in [7, 11) is 3.52. The summed E-state index contributed by atoms with van der Waals surface area (Å²) in [4.78, 5) is 27.0. The first-order valence-corrected chi connectivity index (χ1v) is 15.7. The minimum Gasteiger partial charge on any atom is -0.468 e. The fourth-order valence-corrected chi connectivity index (χ4v) is 7.52. The van der Waals surface area contributed by atoms with Crippen molar-refractivity contribution in [3.8, 4) is 22.9 Å². The molecular weight excluding hydrogens is 620 g/mol. The number of methoxy groups -OCH3 is 1. The van der Waals surface area contributed by atoms with E-state index in [1.807, 2.05) is 11.9 Å². The molecule has 3 aliphatic heterocycles. The molecule has 3 fully saturated rings. The molecule has 3 aromatic carbocycles. The number of nitrogens with zero attached hydrogens (tertiary/aromatic N) is 5. The lowest BCUT2D eigenvalue weighted by molar-refractivity contribution is 0.0512.